The van der Waals surface area contributed by atoms with Crippen LogP contribution in [-0.4, -0.2) is 90.2 Å². The number of imide groups is 2. The SMILES string of the molecule is CC1(C)[C@H](NC(=O)c2ccc(CCCN3CCN(c4ccc5c(c4)C(=O)N(C4CCC(=O)NC4=O)C5=O)CC3)cc2)C(C)(C)[C@H]1Oc1ccc(C#N)c(Cl)c1. The van der Waals surface area contributed by atoms with Gasteiger partial charge in [-0.05, 0) is 73.8 Å². The molecule has 0 spiro atoms. The first-order chi connectivity index (χ1) is 26.2. The molecular formula is C42H45ClN6O6. The van der Waals surface area contributed by atoms with Gasteiger partial charge in [-0.15, -0.1) is 0 Å². The summed E-state index contributed by atoms with van der Waals surface area (Å²) in [7, 11) is 0. The zero-order chi connectivity index (χ0) is 39.2. The van der Waals surface area contributed by atoms with Crippen LogP contribution in [0.3, 0.4) is 0 Å². The third-order valence-corrected chi connectivity index (χ3v) is 12.1. The molecule has 1 aliphatic carbocycles. The van der Waals surface area contributed by atoms with Gasteiger partial charge in [-0.25, -0.2) is 0 Å². The lowest BCUT2D eigenvalue weighted by molar-refractivity contribution is -0.164. The molecule has 3 heterocycles. The second-order valence-electron chi connectivity index (χ2n) is 16.1. The number of ether oxygens (including phenoxy) is 1. The van der Waals surface area contributed by atoms with Gasteiger partial charge in [0.15, 0.2) is 0 Å². The average molecular weight is 765 g/mol. The Labute approximate surface area is 325 Å². The molecule has 1 atom stereocenters. The first-order valence-corrected chi connectivity index (χ1v) is 19.2. The molecule has 3 aromatic rings. The second-order valence-corrected chi connectivity index (χ2v) is 16.5. The van der Waals surface area contributed by atoms with Crippen molar-refractivity contribution in [3.8, 4) is 11.8 Å². The number of amides is 5. The number of hydrogen-bond donors (Lipinski definition) is 2. The van der Waals surface area contributed by atoms with Crippen molar-refractivity contribution in [3.63, 3.8) is 0 Å². The number of benzene rings is 3. The maximum Gasteiger partial charge on any atom is 0.262 e. The standard InChI is InChI=1S/C42H45ClN6O6/c1-41(2)39(42(3,4)40(41)55-29-13-11-27(24-44)32(43)23-29)46-35(51)26-9-7-25(8-10-26)6-5-17-47-18-20-48(21-19-47)28-12-14-30-31(22-28)38(54)49(37(30)53)33-15-16-34(50)45-36(33)52/h7-14,22-23,33,39-40H,5-6,15-21H2,1-4H3,(H,46,51)(H,45,50,52)/t33?,39-,40-. The van der Waals surface area contributed by atoms with Crippen molar-refractivity contribution in [2.45, 2.75) is 71.6 Å². The van der Waals surface area contributed by atoms with Crippen LogP contribution in [0.15, 0.2) is 60.7 Å². The zero-order valence-electron chi connectivity index (χ0n) is 31.5. The van der Waals surface area contributed by atoms with Crippen molar-refractivity contribution in [2.24, 2.45) is 10.8 Å². The molecule has 13 heteroatoms. The molecule has 3 aliphatic heterocycles. The minimum Gasteiger partial charge on any atom is -0.489 e. The van der Waals surface area contributed by atoms with Gasteiger partial charge in [0.2, 0.25) is 11.8 Å². The van der Waals surface area contributed by atoms with Gasteiger partial charge >= 0.3 is 0 Å². The molecule has 3 fully saturated rings. The number of carbonyl (C=O) groups excluding carboxylic acids is 5. The Balaban J connectivity index is 0.864. The summed E-state index contributed by atoms with van der Waals surface area (Å²) in [5, 5.41) is 15.0. The maximum atomic E-state index is 13.4. The van der Waals surface area contributed by atoms with Crippen molar-refractivity contribution in [1.82, 2.24) is 20.4 Å². The number of carbonyl (C=O) groups is 5. The van der Waals surface area contributed by atoms with Crippen molar-refractivity contribution < 1.29 is 28.7 Å². The third-order valence-electron chi connectivity index (χ3n) is 11.7. The van der Waals surface area contributed by atoms with Crippen molar-refractivity contribution >= 4 is 46.8 Å². The van der Waals surface area contributed by atoms with Gasteiger partial charge in [-0.3, -0.25) is 39.1 Å². The number of nitrogens with zero attached hydrogens (tertiary/aromatic N) is 4. The van der Waals surface area contributed by atoms with Crippen molar-refractivity contribution in [1.29, 1.82) is 5.26 Å². The van der Waals surface area contributed by atoms with E-state index < -0.39 is 29.7 Å². The summed E-state index contributed by atoms with van der Waals surface area (Å²) in [6.45, 7) is 12.5. The predicted molar refractivity (Wildman–Crippen MR) is 206 cm³/mol. The average Bonchev–Trinajstić information content (AvgIpc) is 3.41. The first-order valence-electron chi connectivity index (χ1n) is 18.8. The fraction of sp³-hybridized carbons (Fsp3) is 0.429. The molecular weight excluding hydrogens is 720 g/mol. The summed E-state index contributed by atoms with van der Waals surface area (Å²) in [5.74, 6) is -1.55. The van der Waals surface area contributed by atoms with Crippen molar-refractivity contribution in [3.05, 3.63) is 93.5 Å². The molecule has 0 bridgehead atoms. The Morgan fingerprint density at radius 1 is 0.927 bits per heavy atom. The van der Waals surface area contributed by atoms with Crippen LogP contribution in [0.1, 0.15) is 89.2 Å². The van der Waals surface area contributed by atoms with Crippen LogP contribution in [0.5, 0.6) is 5.75 Å². The van der Waals surface area contributed by atoms with E-state index in [2.05, 4.69) is 54.2 Å². The van der Waals surface area contributed by atoms with Gasteiger partial charge in [-0.1, -0.05) is 51.4 Å². The molecule has 2 N–H and O–H groups in total. The number of rotatable bonds is 10. The van der Waals surface area contributed by atoms with E-state index in [4.69, 9.17) is 16.3 Å². The summed E-state index contributed by atoms with van der Waals surface area (Å²) >= 11 is 6.23. The van der Waals surface area contributed by atoms with Gasteiger partial charge in [0.1, 0.15) is 24.0 Å². The van der Waals surface area contributed by atoms with E-state index in [9.17, 15) is 29.2 Å². The van der Waals surface area contributed by atoms with E-state index in [1.807, 2.05) is 30.3 Å². The number of halogens is 1. The first kappa shape index (κ1) is 38.0. The van der Waals surface area contributed by atoms with Crippen molar-refractivity contribution in [2.75, 3.05) is 37.6 Å². The molecule has 4 aliphatic rings. The highest BCUT2D eigenvalue weighted by molar-refractivity contribution is 6.31. The van der Waals surface area contributed by atoms with E-state index in [0.717, 1.165) is 61.7 Å². The van der Waals surface area contributed by atoms with E-state index in [1.165, 1.54) is 0 Å². The Morgan fingerprint density at radius 3 is 2.27 bits per heavy atom. The lowest BCUT2D eigenvalue weighted by atomic mass is 9.49. The van der Waals surface area contributed by atoms with E-state index in [0.29, 0.717) is 27.5 Å². The largest absolute Gasteiger partial charge is 0.489 e. The number of piperazine rings is 1. The lowest BCUT2D eigenvalue weighted by Crippen LogP contribution is -2.74. The topological polar surface area (TPSA) is 152 Å². The number of hydrogen-bond acceptors (Lipinski definition) is 9. The molecule has 0 aromatic heterocycles. The quantitative estimate of drug-likeness (QED) is 0.273. The van der Waals surface area contributed by atoms with Crippen LogP contribution >= 0.6 is 11.6 Å². The molecule has 3 aromatic carbocycles. The number of fused-ring (bicyclic) bond motifs is 1. The molecule has 1 unspecified atom stereocenters. The normalized spacial score (nSPS) is 23.1. The minimum atomic E-state index is -0.981. The fourth-order valence-electron chi connectivity index (χ4n) is 9.03. The second kappa shape index (κ2) is 14.8. The zero-order valence-corrected chi connectivity index (χ0v) is 32.2. The summed E-state index contributed by atoms with van der Waals surface area (Å²) in [4.78, 5) is 69.3. The highest BCUT2D eigenvalue weighted by Crippen LogP contribution is 2.55. The van der Waals surface area contributed by atoms with Crippen LogP contribution in [0.4, 0.5) is 5.69 Å². The summed E-state index contributed by atoms with van der Waals surface area (Å²) in [6, 6.07) is 19.1. The summed E-state index contributed by atoms with van der Waals surface area (Å²) < 4.78 is 6.36. The molecule has 7 rings (SSSR count). The Hall–Kier alpha value is -5.25. The highest BCUT2D eigenvalue weighted by Gasteiger charge is 2.64. The van der Waals surface area contributed by atoms with E-state index in [1.54, 1.807) is 30.3 Å². The molecule has 55 heavy (non-hydrogen) atoms. The van der Waals surface area contributed by atoms with Crippen LogP contribution < -0.4 is 20.3 Å². The Bertz CT molecular complexity index is 2090. The van der Waals surface area contributed by atoms with Crippen LogP contribution in [0.2, 0.25) is 5.02 Å². The number of nitrogens with one attached hydrogen (secondary N) is 2. The monoisotopic (exact) mass is 764 g/mol. The summed E-state index contributed by atoms with van der Waals surface area (Å²) in [6.07, 6.45) is 1.88. The van der Waals surface area contributed by atoms with Crippen LogP contribution in [0, 0.1) is 22.2 Å². The minimum absolute atomic E-state index is 0.0849. The lowest BCUT2D eigenvalue weighted by Gasteiger charge is -2.63. The van der Waals surface area contributed by atoms with Gasteiger partial charge in [0.05, 0.1) is 21.7 Å². The molecule has 12 nitrogen and oxygen atoms in total. The number of nitriles is 1. The fourth-order valence-corrected chi connectivity index (χ4v) is 9.24. The van der Waals surface area contributed by atoms with Gasteiger partial charge < -0.3 is 15.0 Å². The van der Waals surface area contributed by atoms with E-state index in [-0.39, 0.29) is 47.3 Å². The van der Waals surface area contributed by atoms with Gasteiger partial charge in [0, 0.05) is 66.8 Å². The molecule has 2 saturated heterocycles. The molecule has 0 radical (unpaired) electrons. The molecule has 286 valence electrons. The van der Waals surface area contributed by atoms with Gasteiger partial charge in [-0.2, -0.15) is 5.26 Å². The third kappa shape index (κ3) is 7.19. The number of anilines is 1. The predicted octanol–water partition coefficient (Wildman–Crippen LogP) is 4.98. The maximum absolute atomic E-state index is 13.4. The Morgan fingerprint density at radius 2 is 1.62 bits per heavy atom. The summed E-state index contributed by atoms with van der Waals surface area (Å²) in [5.41, 5.74) is 2.89. The number of piperidine rings is 1. The van der Waals surface area contributed by atoms with Crippen LogP contribution in [0.25, 0.3) is 0 Å². The smallest absolute Gasteiger partial charge is 0.262 e. The van der Waals surface area contributed by atoms with Gasteiger partial charge in [0.25, 0.3) is 17.7 Å². The van der Waals surface area contributed by atoms with Crippen LogP contribution in [-0.2, 0) is 16.0 Å². The highest BCUT2D eigenvalue weighted by atomic mass is 35.5. The molecule has 1 saturated carbocycles. The van der Waals surface area contributed by atoms with E-state index >= 15 is 0 Å². The Kier molecular flexibility index (Phi) is 10.2. The molecule has 5 amide bonds. The number of aryl methyl sites for hydroxylation is 1.